The van der Waals surface area contributed by atoms with Crippen LogP contribution in [0.25, 0.3) is 10.1 Å². The van der Waals surface area contributed by atoms with Gasteiger partial charge < -0.3 is 9.80 Å². The first-order valence-corrected chi connectivity index (χ1v) is 29.3. The molecule has 8 aliphatic rings. The van der Waals surface area contributed by atoms with Gasteiger partial charge in [-0.05, 0) is 236 Å². The summed E-state index contributed by atoms with van der Waals surface area (Å²) in [6, 6.07) is 31.5. The first-order valence-electron chi connectivity index (χ1n) is 28.4. The van der Waals surface area contributed by atoms with Gasteiger partial charge in [0.1, 0.15) is 0 Å². The van der Waals surface area contributed by atoms with Gasteiger partial charge in [-0.3, -0.25) is 0 Å². The molecule has 0 saturated heterocycles. The molecular weight excluding hydrogens is 888 g/mol. The summed E-state index contributed by atoms with van der Waals surface area (Å²) in [5.74, 6) is 2.72. The molecule has 2 nitrogen and oxygen atoms in total. The predicted molar refractivity (Wildman–Crippen MR) is 311 cm³/mol. The van der Waals surface area contributed by atoms with E-state index in [9.17, 15) is 0 Å². The zero-order valence-corrected chi connectivity index (χ0v) is 47.7. The Morgan fingerprint density at radius 1 is 0.528 bits per heavy atom. The van der Waals surface area contributed by atoms with Crippen LogP contribution in [-0.4, -0.2) is 6.71 Å². The number of thiophene rings is 1. The molecule has 5 aromatic carbocycles. The largest absolute Gasteiger partial charge is 0.311 e. The minimum atomic E-state index is -0.00278. The van der Waals surface area contributed by atoms with Crippen LogP contribution in [0, 0.1) is 37.0 Å². The molecule has 1 aromatic heterocycles. The maximum Gasteiger partial charge on any atom is 0.264 e. The van der Waals surface area contributed by atoms with E-state index in [0.717, 1.165) is 17.8 Å². The van der Waals surface area contributed by atoms with Gasteiger partial charge in [-0.25, -0.2) is 0 Å². The van der Waals surface area contributed by atoms with Gasteiger partial charge in [0.05, 0.1) is 5.69 Å². The molecular formula is C68H81BN2S. The highest BCUT2D eigenvalue weighted by molar-refractivity contribution is 7.33. The highest BCUT2D eigenvalue weighted by Crippen LogP contribution is 2.84. The lowest BCUT2D eigenvalue weighted by Gasteiger charge is -2.47. The van der Waals surface area contributed by atoms with Gasteiger partial charge in [0.15, 0.2) is 0 Å². The van der Waals surface area contributed by atoms with Gasteiger partial charge in [-0.1, -0.05) is 127 Å². The summed E-state index contributed by atoms with van der Waals surface area (Å²) >= 11 is 2.12. The molecule has 2 aliphatic heterocycles. The molecule has 4 saturated carbocycles. The second-order valence-corrected chi connectivity index (χ2v) is 31.4. The van der Waals surface area contributed by atoms with Crippen molar-refractivity contribution in [3.8, 4) is 0 Å². The average Bonchev–Trinajstić information content (AvgIpc) is 3.86. The highest BCUT2D eigenvalue weighted by atomic mass is 32.1. The molecule has 72 heavy (non-hydrogen) atoms. The fourth-order valence-electron chi connectivity index (χ4n) is 17.2. The molecule has 4 heteroatoms. The van der Waals surface area contributed by atoms with Crippen molar-refractivity contribution < 1.29 is 0 Å². The maximum atomic E-state index is 2.90. The molecule has 0 N–H and O–H groups in total. The van der Waals surface area contributed by atoms with Crippen molar-refractivity contribution in [3.63, 3.8) is 0 Å². The van der Waals surface area contributed by atoms with Crippen molar-refractivity contribution in [2.75, 3.05) is 9.80 Å². The third-order valence-corrected chi connectivity index (χ3v) is 23.2. The van der Waals surface area contributed by atoms with E-state index >= 15 is 0 Å². The van der Waals surface area contributed by atoms with Gasteiger partial charge in [-0.2, -0.15) is 0 Å². The quantitative estimate of drug-likeness (QED) is 0.163. The average molecular weight is 969 g/mol. The Morgan fingerprint density at radius 2 is 1.10 bits per heavy atom. The Bertz CT molecular complexity index is 3390. The van der Waals surface area contributed by atoms with Crippen molar-refractivity contribution in [2.24, 2.45) is 23.2 Å². The van der Waals surface area contributed by atoms with E-state index in [0.29, 0.717) is 5.41 Å². The van der Waals surface area contributed by atoms with E-state index in [1.807, 2.05) is 0 Å². The second kappa shape index (κ2) is 14.0. The van der Waals surface area contributed by atoms with E-state index in [2.05, 4.69) is 205 Å². The summed E-state index contributed by atoms with van der Waals surface area (Å²) < 4.78 is 2.97. The van der Waals surface area contributed by atoms with Crippen LogP contribution in [0.5, 0.6) is 0 Å². The van der Waals surface area contributed by atoms with Crippen molar-refractivity contribution in [2.45, 2.75) is 206 Å². The number of aryl methyl sites for hydroxylation is 2. The summed E-state index contributed by atoms with van der Waals surface area (Å²) in [6.07, 6.45) is 12.0. The molecule has 1 spiro atoms. The molecule has 0 amide bonds. The maximum absolute atomic E-state index is 2.90. The third kappa shape index (κ3) is 6.08. The fourth-order valence-corrected chi connectivity index (χ4v) is 18.5. The molecule has 14 rings (SSSR count). The fraction of sp³-hybridized carbons (Fsp3) is 0.529. The van der Waals surface area contributed by atoms with E-state index < -0.39 is 0 Å². The van der Waals surface area contributed by atoms with Crippen LogP contribution < -0.4 is 25.5 Å². The van der Waals surface area contributed by atoms with E-state index in [4.69, 9.17) is 0 Å². The lowest BCUT2D eigenvalue weighted by Crippen LogP contribution is -2.60. The van der Waals surface area contributed by atoms with Crippen molar-refractivity contribution in [3.05, 3.63) is 123 Å². The van der Waals surface area contributed by atoms with Gasteiger partial charge >= 0.3 is 0 Å². The van der Waals surface area contributed by atoms with Crippen LogP contribution in [0.4, 0.5) is 34.1 Å². The molecule has 3 heterocycles. The molecule has 2 bridgehead atoms. The van der Waals surface area contributed by atoms with Crippen LogP contribution in [0.1, 0.15) is 205 Å². The second-order valence-electron chi connectivity index (χ2n) is 30.3. The van der Waals surface area contributed by atoms with Gasteiger partial charge in [-0.15, -0.1) is 11.3 Å². The number of anilines is 6. The summed E-state index contributed by atoms with van der Waals surface area (Å²) in [5.41, 5.74) is 26.2. The highest BCUT2D eigenvalue weighted by Gasteiger charge is 2.76. The number of rotatable bonds is 3. The van der Waals surface area contributed by atoms with Crippen molar-refractivity contribution >= 4 is 78.0 Å². The summed E-state index contributed by atoms with van der Waals surface area (Å²) in [7, 11) is 0. The van der Waals surface area contributed by atoms with Gasteiger partial charge in [0.2, 0.25) is 0 Å². The summed E-state index contributed by atoms with van der Waals surface area (Å²) in [5, 5.41) is 1.45. The summed E-state index contributed by atoms with van der Waals surface area (Å²) in [4.78, 5) is 5.70. The molecule has 4 fully saturated rings. The van der Waals surface area contributed by atoms with Crippen LogP contribution >= 0.6 is 11.3 Å². The van der Waals surface area contributed by atoms with Crippen LogP contribution in [0.15, 0.2) is 72.8 Å². The number of benzene rings is 5. The van der Waals surface area contributed by atoms with E-state index in [1.165, 1.54) is 140 Å². The monoisotopic (exact) mass is 969 g/mol. The molecule has 6 aliphatic carbocycles. The van der Waals surface area contributed by atoms with Crippen LogP contribution in [0.2, 0.25) is 0 Å². The van der Waals surface area contributed by atoms with Crippen molar-refractivity contribution in [1.82, 2.24) is 0 Å². The SMILES string of the molecule is Cc1cc(C(C)(C)C)ccc1N1c2cc(C(C)(C)C)ccc2B2c3sc4cc5c(cc4c3N(c3cc4c(cc3C)C(C)(C)CCC4(C)C)c3cc(C46CC7CC8(CC8C4)C7C6)cc1c32)C(C)(C)CCC5(C)C. The first-order chi connectivity index (χ1) is 33.6. The number of nitrogens with zero attached hydrogens (tertiary/aromatic N) is 2. The van der Waals surface area contributed by atoms with E-state index in [1.54, 1.807) is 27.8 Å². The molecule has 0 radical (unpaired) electrons. The Labute approximate surface area is 437 Å². The van der Waals surface area contributed by atoms with Gasteiger partial charge in [0, 0.05) is 43.3 Å². The number of hydrogen-bond donors (Lipinski definition) is 0. The molecule has 372 valence electrons. The van der Waals surface area contributed by atoms with E-state index in [-0.39, 0.29) is 44.6 Å². The Kier molecular flexibility index (Phi) is 8.97. The predicted octanol–water partition coefficient (Wildman–Crippen LogP) is 17.0. The molecule has 5 unspecified atom stereocenters. The zero-order valence-electron chi connectivity index (χ0n) is 46.9. The van der Waals surface area contributed by atoms with Crippen molar-refractivity contribution in [1.29, 1.82) is 0 Å². The molecule has 5 atom stereocenters. The normalized spacial score (nSPS) is 28.1. The number of fused-ring (bicyclic) bond motifs is 9. The standard InChI is InChI=1S/C68H81BN2S/c1-38-25-41(61(3,4)5)18-20-52(38)70-54-27-42(62(6,7)8)17-19-51(54)69-58-55(70)28-43(67-33-40-34-68(50(40)37-67)36-44(68)35-67)29-56(58)71(53-31-48-46(26-39(53)2)63(9,10)21-23-65(48,13)14)59-45-30-47-49(32-57(45)72-60(59)69)66(15,16)24-22-64(47,11)12/h17-20,25-32,40,44,50H,21-24,33-37H2,1-16H3. The smallest absolute Gasteiger partial charge is 0.264 e. The summed E-state index contributed by atoms with van der Waals surface area (Å²) in [6.45, 7) is 39.4. The number of hydrogen-bond acceptors (Lipinski definition) is 3. The lowest BCUT2D eigenvalue weighted by atomic mass is 9.36. The molecule has 6 aromatic rings. The Balaban J connectivity index is 1.13. The first kappa shape index (κ1) is 46.3. The Morgan fingerprint density at radius 3 is 1.74 bits per heavy atom. The Hall–Kier alpha value is -4.28. The zero-order chi connectivity index (χ0) is 50.6. The topological polar surface area (TPSA) is 6.48 Å². The van der Waals surface area contributed by atoms with Crippen LogP contribution in [0.3, 0.4) is 0 Å². The third-order valence-electron chi connectivity index (χ3n) is 22.0. The minimum Gasteiger partial charge on any atom is -0.311 e. The lowest BCUT2D eigenvalue weighted by molar-refractivity contribution is 0.0524. The van der Waals surface area contributed by atoms with Crippen LogP contribution in [-0.2, 0) is 37.9 Å². The van der Waals surface area contributed by atoms with Gasteiger partial charge in [0.25, 0.3) is 6.71 Å². The minimum absolute atomic E-state index is 0.00278.